The van der Waals surface area contributed by atoms with E-state index in [1.807, 2.05) is 0 Å². The van der Waals surface area contributed by atoms with Crippen LogP contribution in [0.25, 0.3) is 16.9 Å². The summed E-state index contributed by atoms with van der Waals surface area (Å²) >= 11 is 0. The smallest absolute Gasteiger partial charge is 0.416 e. The summed E-state index contributed by atoms with van der Waals surface area (Å²) in [5, 5.41) is 15.8. The average molecular weight is 674 g/mol. The molecular formula is C27H17F6N3O9S. The van der Waals surface area contributed by atoms with E-state index in [1.165, 1.54) is 24.3 Å². The van der Waals surface area contributed by atoms with Crippen molar-refractivity contribution >= 4 is 27.7 Å². The summed E-state index contributed by atoms with van der Waals surface area (Å²) in [7, 11) is -3.72. The monoisotopic (exact) mass is 673 g/mol. The molecule has 0 N–H and O–H groups in total. The first-order valence-corrected chi connectivity index (χ1v) is 13.7. The van der Waals surface area contributed by atoms with Crippen molar-refractivity contribution in [1.29, 1.82) is 0 Å². The van der Waals surface area contributed by atoms with E-state index < -0.39 is 89.3 Å². The van der Waals surface area contributed by atoms with E-state index in [0.717, 1.165) is 18.9 Å². The van der Waals surface area contributed by atoms with Crippen molar-refractivity contribution < 1.29 is 62.9 Å². The van der Waals surface area contributed by atoms with Crippen molar-refractivity contribution in [2.24, 2.45) is 0 Å². The van der Waals surface area contributed by atoms with Crippen LogP contribution in [0.4, 0.5) is 32.0 Å². The number of aromatic nitrogens is 2. The third-order valence-corrected chi connectivity index (χ3v) is 7.34. The number of esters is 2. The zero-order valence-corrected chi connectivity index (χ0v) is 23.9. The number of para-hydroxylation sites is 1. The molecule has 12 nitrogen and oxygen atoms in total. The highest BCUT2D eigenvalue weighted by atomic mass is 32.2. The lowest BCUT2D eigenvalue weighted by molar-refractivity contribution is -0.384. The molecule has 0 aliphatic heterocycles. The van der Waals surface area contributed by atoms with Gasteiger partial charge in [-0.05, 0) is 36.4 Å². The molecule has 3 aromatic carbocycles. The summed E-state index contributed by atoms with van der Waals surface area (Å²) in [5.74, 6) is -3.38. The van der Waals surface area contributed by atoms with Crippen molar-refractivity contribution in [3.05, 3.63) is 99.2 Å². The fourth-order valence-corrected chi connectivity index (χ4v) is 5.09. The van der Waals surface area contributed by atoms with Gasteiger partial charge in [-0.15, -0.1) is 0 Å². The number of hydrogen-bond donors (Lipinski definition) is 0. The Morgan fingerprint density at radius 2 is 1.41 bits per heavy atom. The highest BCUT2D eigenvalue weighted by Crippen LogP contribution is 2.41. The van der Waals surface area contributed by atoms with Crippen LogP contribution in [0.5, 0.6) is 5.75 Å². The number of hydrogen-bond acceptors (Lipinski definition) is 10. The molecule has 0 bridgehead atoms. The molecule has 4 aromatic rings. The van der Waals surface area contributed by atoms with E-state index in [9.17, 15) is 54.5 Å². The lowest BCUT2D eigenvalue weighted by Gasteiger charge is -2.15. The van der Waals surface area contributed by atoms with Gasteiger partial charge in [-0.25, -0.2) is 14.3 Å². The average Bonchev–Trinajstić information content (AvgIpc) is 3.40. The Labute approximate surface area is 254 Å². The third-order valence-electron chi connectivity index (χ3n) is 6.13. The summed E-state index contributed by atoms with van der Waals surface area (Å²) in [6.07, 6.45) is -10.8. The highest BCUT2D eigenvalue weighted by Gasteiger charge is 2.39. The van der Waals surface area contributed by atoms with Crippen molar-refractivity contribution in [1.82, 2.24) is 9.78 Å². The van der Waals surface area contributed by atoms with Gasteiger partial charge in [-0.1, -0.05) is 18.2 Å². The first-order chi connectivity index (χ1) is 21.4. The molecule has 242 valence electrons. The molecule has 19 heteroatoms. The van der Waals surface area contributed by atoms with E-state index in [2.05, 4.69) is 5.10 Å². The predicted octanol–water partition coefficient (Wildman–Crippen LogP) is 5.83. The summed E-state index contributed by atoms with van der Waals surface area (Å²) in [6, 6.07) is 8.96. The first kappa shape index (κ1) is 33.4. The number of methoxy groups -OCH3 is 2. The van der Waals surface area contributed by atoms with Crippen LogP contribution in [0.15, 0.2) is 71.6 Å². The molecule has 0 aliphatic rings. The number of halogens is 6. The lowest BCUT2D eigenvalue weighted by atomic mass is 10.0. The number of nitro benzene ring substituents is 1. The lowest BCUT2D eigenvalue weighted by Crippen LogP contribution is -2.16. The number of rotatable bonds is 8. The SMILES string of the molecule is COC(=O)c1c(-c2cc([N+](=O)[O-])ccc2OS(=O)(=O)c2cc(C(F)(F)F)cc(C(F)(F)F)c2)nn(-c2ccccc2)c1C(=O)OC. The molecule has 46 heavy (non-hydrogen) atoms. The van der Waals surface area contributed by atoms with Gasteiger partial charge >= 0.3 is 34.4 Å². The van der Waals surface area contributed by atoms with Crippen LogP contribution in [0, 0.1) is 10.1 Å². The maximum Gasteiger partial charge on any atom is 0.416 e. The Morgan fingerprint density at radius 1 is 0.848 bits per heavy atom. The van der Waals surface area contributed by atoms with E-state index in [1.54, 1.807) is 6.07 Å². The summed E-state index contributed by atoms with van der Waals surface area (Å²) in [6.45, 7) is 0. The number of nitrogens with zero attached hydrogens (tertiary/aromatic N) is 3. The number of carbonyl (C=O) groups excluding carboxylic acids is 2. The molecule has 0 saturated heterocycles. The molecular weight excluding hydrogens is 656 g/mol. The van der Waals surface area contributed by atoms with Crippen molar-refractivity contribution in [2.45, 2.75) is 17.2 Å². The van der Waals surface area contributed by atoms with Crippen molar-refractivity contribution in [3.8, 4) is 22.7 Å². The molecule has 1 heterocycles. The number of carbonyl (C=O) groups is 2. The third kappa shape index (κ3) is 6.63. The molecule has 0 fully saturated rings. The fourth-order valence-electron chi connectivity index (χ4n) is 4.07. The number of non-ortho nitro benzene ring substituents is 1. The number of nitro groups is 1. The topological polar surface area (TPSA) is 157 Å². The van der Waals surface area contributed by atoms with Crippen LogP contribution in [0.1, 0.15) is 32.0 Å². The highest BCUT2D eigenvalue weighted by molar-refractivity contribution is 7.87. The van der Waals surface area contributed by atoms with Gasteiger partial charge in [-0.3, -0.25) is 10.1 Å². The van der Waals surface area contributed by atoms with Crippen LogP contribution in [0.2, 0.25) is 0 Å². The van der Waals surface area contributed by atoms with Crippen LogP contribution in [0.3, 0.4) is 0 Å². The number of alkyl halides is 6. The summed E-state index contributed by atoms with van der Waals surface area (Å²) in [4.78, 5) is 35.0. The van der Waals surface area contributed by atoms with Crippen LogP contribution in [-0.2, 0) is 31.9 Å². The Morgan fingerprint density at radius 3 is 1.91 bits per heavy atom. The minimum Gasteiger partial charge on any atom is -0.465 e. The van der Waals surface area contributed by atoms with E-state index in [-0.39, 0.29) is 23.9 Å². The molecule has 0 atom stereocenters. The zero-order chi connectivity index (χ0) is 34.2. The van der Waals surface area contributed by atoms with Crippen molar-refractivity contribution in [3.63, 3.8) is 0 Å². The fraction of sp³-hybridized carbons (Fsp3) is 0.148. The van der Waals surface area contributed by atoms with Gasteiger partial charge in [0.2, 0.25) is 0 Å². The summed E-state index contributed by atoms with van der Waals surface area (Å²) in [5.41, 5.74) is -7.21. The van der Waals surface area contributed by atoms with Gasteiger partial charge in [0.05, 0.1) is 41.5 Å². The molecule has 0 saturated carbocycles. The normalized spacial score (nSPS) is 12.0. The molecule has 0 radical (unpaired) electrons. The van der Waals surface area contributed by atoms with Gasteiger partial charge in [-0.2, -0.15) is 39.9 Å². The Balaban J connectivity index is 2.03. The minimum absolute atomic E-state index is 0.102. The standard InChI is InChI=1S/C27H17F6N3O9S/c1-43-24(37)21-22(34-35(23(21)25(38)44-2)16-6-4-3-5-7-16)19-13-17(36(39)40)8-9-20(19)45-46(41,42)18-11-14(26(28,29)30)10-15(12-18)27(31,32)33/h3-13H,1-2H3. The van der Waals surface area contributed by atoms with Gasteiger partial charge in [0.25, 0.3) is 5.69 Å². The number of benzene rings is 3. The Kier molecular flexibility index (Phi) is 8.83. The minimum atomic E-state index is -5.57. The van der Waals surface area contributed by atoms with Crippen LogP contribution >= 0.6 is 0 Å². The molecule has 0 aliphatic carbocycles. The quantitative estimate of drug-likeness (QED) is 0.0733. The molecule has 0 spiro atoms. The predicted molar refractivity (Wildman–Crippen MR) is 143 cm³/mol. The first-order valence-electron chi connectivity index (χ1n) is 12.3. The van der Waals surface area contributed by atoms with Gasteiger partial charge < -0.3 is 13.7 Å². The van der Waals surface area contributed by atoms with E-state index in [4.69, 9.17) is 13.7 Å². The zero-order valence-electron chi connectivity index (χ0n) is 23.0. The second-order valence-corrected chi connectivity index (χ2v) is 10.6. The molecule has 1 aromatic heterocycles. The van der Waals surface area contributed by atoms with Crippen LogP contribution in [-0.4, -0.2) is 49.3 Å². The van der Waals surface area contributed by atoms with Gasteiger partial charge in [0, 0.05) is 12.1 Å². The summed E-state index contributed by atoms with van der Waals surface area (Å²) < 4.78 is 122. The Hall–Kier alpha value is -5.46. The van der Waals surface area contributed by atoms with Gasteiger partial charge in [0.15, 0.2) is 11.4 Å². The number of ether oxygens (including phenoxy) is 2. The maximum atomic E-state index is 13.4. The largest absolute Gasteiger partial charge is 0.465 e. The second-order valence-electron chi connectivity index (χ2n) is 9.02. The molecule has 4 rings (SSSR count). The van der Waals surface area contributed by atoms with E-state index >= 15 is 0 Å². The molecule has 0 amide bonds. The van der Waals surface area contributed by atoms with Gasteiger partial charge in [0.1, 0.15) is 16.2 Å². The van der Waals surface area contributed by atoms with Crippen LogP contribution < -0.4 is 4.18 Å². The Bertz CT molecular complexity index is 1930. The van der Waals surface area contributed by atoms with Crippen molar-refractivity contribution in [2.75, 3.05) is 14.2 Å². The second kappa shape index (κ2) is 12.1. The maximum absolute atomic E-state index is 13.4. The van der Waals surface area contributed by atoms with E-state index in [0.29, 0.717) is 18.2 Å². The molecule has 0 unspecified atom stereocenters.